The van der Waals surface area contributed by atoms with E-state index in [1.165, 1.54) is 42.7 Å². The SMILES string of the molecule is O=C(Nc1c[nH]ccc1=O)c1ccc(S(=O)(=O)C2CCCC2)cc1. The fourth-order valence-electron chi connectivity index (χ4n) is 2.90. The van der Waals surface area contributed by atoms with Crippen LogP contribution in [0.1, 0.15) is 36.0 Å². The highest BCUT2D eigenvalue weighted by molar-refractivity contribution is 7.92. The predicted octanol–water partition coefficient (Wildman–Crippen LogP) is 2.34. The van der Waals surface area contributed by atoms with Gasteiger partial charge in [0, 0.05) is 24.0 Å². The third-order valence-electron chi connectivity index (χ3n) is 4.26. The summed E-state index contributed by atoms with van der Waals surface area (Å²) in [7, 11) is -3.33. The normalized spacial score (nSPS) is 15.3. The summed E-state index contributed by atoms with van der Waals surface area (Å²) in [5, 5.41) is 2.19. The molecule has 0 atom stereocenters. The van der Waals surface area contributed by atoms with E-state index in [9.17, 15) is 18.0 Å². The number of carbonyl (C=O) groups is 1. The Balaban J connectivity index is 1.78. The molecule has 24 heavy (non-hydrogen) atoms. The van der Waals surface area contributed by atoms with Crippen LogP contribution in [0.4, 0.5) is 5.69 Å². The van der Waals surface area contributed by atoms with Crippen molar-refractivity contribution < 1.29 is 13.2 Å². The summed E-state index contributed by atoms with van der Waals surface area (Å²) in [5.41, 5.74) is 0.135. The summed E-state index contributed by atoms with van der Waals surface area (Å²) >= 11 is 0. The molecule has 126 valence electrons. The van der Waals surface area contributed by atoms with Crippen molar-refractivity contribution in [3.05, 3.63) is 58.5 Å². The molecule has 0 saturated heterocycles. The minimum atomic E-state index is -3.33. The fraction of sp³-hybridized carbons (Fsp3) is 0.294. The van der Waals surface area contributed by atoms with E-state index in [1.54, 1.807) is 0 Å². The third kappa shape index (κ3) is 3.26. The lowest BCUT2D eigenvalue weighted by Crippen LogP contribution is -2.19. The second kappa shape index (κ2) is 6.60. The molecule has 1 saturated carbocycles. The number of hydrogen-bond donors (Lipinski definition) is 2. The van der Waals surface area contributed by atoms with Gasteiger partial charge < -0.3 is 10.3 Å². The van der Waals surface area contributed by atoms with Crippen LogP contribution in [0, 0.1) is 0 Å². The van der Waals surface area contributed by atoms with Gasteiger partial charge in [-0.3, -0.25) is 9.59 Å². The highest BCUT2D eigenvalue weighted by Crippen LogP contribution is 2.29. The van der Waals surface area contributed by atoms with E-state index < -0.39 is 15.7 Å². The van der Waals surface area contributed by atoms with Gasteiger partial charge in [-0.15, -0.1) is 0 Å². The van der Waals surface area contributed by atoms with Crippen LogP contribution in [0.15, 0.2) is 52.4 Å². The summed E-state index contributed by atoms with van der Waals surface area (Å²) < 4.78 is 25.0. The first kappa shape index (κ1) is 16.4. The molecule has 1 aromatic carbocycles. The number of aromatic amines is 1. The monoisotopic (exact) mass is 346 g/mol. The number of aromatic nitrogens is 1. The summed E-state index contributed by atoms with van der Waals surface area (Å²) in [6.07, 6.45) is 6.15. The Morgan fingerprint density at radius 2 is 1.75 bits per heavy atom. The second-order valence-corrected chi connectivity index (χ2v) is 8.08. The van der Waals surface area contributed by atoms with Gasteiger partial charge in [-0.25, -0.2) is 8.42 Å². The quantitative estimate of drug-likeness (QED) is 0.888. The van der Waals surface area contributed by atoms with E-state index in [-0.39, 0.29) is 21.3 Å². The first-order valence-corrected chi connectivity index (χ1v) is 9.35. The molecule has 2 N–H and O–H groups in total. The molecule has 1 heterocycles. The van der Waals surface area contributed by atoms with Gasteiger partial charge >= 0.3 is 0 Å². The van der Waals surface area contributed by atoms with Crippen molar-refractivity contribution in [1.82, 2.24) is 4.98 Å². The van der Waals surface area contributed by atoms with Crippen LogP contribution in [0.25, 0.3) is 0 Å². The number of rotatable bonds is 4. The Bertz CT molecular complexity index is 895. The Morgan fingerprint density at radius 1 is 1.08 bits per heavy atom. The third-order valence-corrected chi connectivity index (χ3v) is 6.54. The van der Waals surface area contributed by atoms with Gasteiger partial charge in [-0.2, -0.15) is 0 Å². The minimum absolute atomic E-state index is 0.144. The van der Waals surface area contributed by atoms with Crippen LogP contribution >= 0.6 is 0 Å². The highest BCUT2D eigenvalue weighted by atomic mass is 32.2. The molecule has 0 bridgehead atoms. The van der Waals surface area contributed by atoms with E-state index in [4.69, 9.17) is 0 Å². The van der Waals surface area contributed by atoms with Crippen LogP contribution in [0.2, 0.25) is 0 Å². The number of hydrogen-bond acceptors (Lipinski definition) is 4. The molecule has 1 aliphatic rings. The lowest BCUT2D eigenvalue weighted by molar-refractivity contribution is 0.102. The maximum atomic E-state index is 12.5. The molecule has 0 radical (unpaired) electrons. The molecular formula is C17H18N2O4S. The number of nitrogens with one attached hydrogen (secondary N) is 2. The Labute approximate surface area is 139 Å². The Hall–Kier alpha value is -2.41. The zero-order valence-electron chi connectivity index (χ0n) is 13.0. The highest BCUT2D eigenvalue weighted by Gasteiger charge is 2.30. The number of anilines is 1. The largest absolute Gasteiger partial charge is 0.366 e. The van der Waals surface area contributed by atoms with Gasteiger partial charge in [-0.05, 0) is 37.1 Å². The van der Waals surface area contributed by atoms with E-state index >= 15 is 0 Å². The van der Waals surface area contributed by atoms with Crippen molar-refractivity contribution in [2.45, 2.75) is 35.8 Å². The van der Waals surface area contributed by atoms with Crippen molar-refractivity contribution in [1.29, 1.82) is 0 Å². The van der Waals surface area contributed by atoms with E-state index in [1.807, 2.05) is 0 Å². The molecule has 0 spiro atoms. The van der Waals surface area contributed by atoms with E-state index in [0.717, 1.165) is 12.8 Å². The zero-order valence-corrected chi connectivity index (χ0v) is 13.8. The maximum absolute atomic E-state index is 12.5. The average Bonchev–Trinajstić information content (AvgIpc) is 3.12. The topological polar surface area (TPSA) is 96.1 Å². The van der Waals surface area contributed by atoms with Gasteiger partial charge in [0.1, 0.15) is 5.69 Å². The molecule has 3 rings (SSSR count). The molecular weight excluding hydrogens is 328 g/mol. The van der Waals surface area contributed by atoms with Crippen LogP contribution in [-0.2, 0) is 9.84 Å². The smallest absolute Gasteiger partial charge is 0.255 e. The number of sulfone groups is 1. The summed E-state index contributed by atoms with van der Waals surface area (Å²) in [5.74, 6) is -0.462. The molecule has 1 aliphatic carbocycles. The average molecular weight is 346 g/mol. The van der Waals surface area contributed by atoms with E-state index in [0.29, 0.717) is 18.4 Å². The predicted molar refractivity (Wildman–Crippen MR) is 90.9 cm³/mol. The lowest BCUT2D eigenvalue weighted by Gasteiger charge is -2.11. The zero-order chi connectivity index (χ0) is 17.2. The molecule has 1 aromatic heterocycles. The fourth-order valence-corrected chi connectivity index (χ4v) is 4.75. The molecule has 1 amide bonds. The number of pyridine rings is 1. The van der Waals surface area contributed by atoms with Gasteiger partial charge in [0.15, 0.2) is 9.84 Å². The van der Waals surface area contributed by atoms with Crippen molar-refractivity contribution in [2.24, 2.45) is 0 Å². The molecule has 6 nitrogen and oxygen atoms in total. The number of carbonyl (C=O) groups excluding carboxylic acids is 1. The minimum Gasteiger partial charge on any atom is -0.366 e. The van der Waals surface area contributed by atoms with Crippen LogP contribution in [0.3, 0.4) is 0 Å². The molecule has 0 unspecified atom stereocenters. The number of benzene rings is 1. The second-order valence-electron chi connectivity index (χ2n) is 5.85. The van der Waals surface area contributed by atoms with Gasteiger partial charge in [0.05, 0.1) is 10.1 Å². The van der Waals surface area contributed by atoms with Crippen LogP contribution in [-0.4, -0.2) is 24.6 Å². The van der Waals surface area contributed by atoms with Crippen LogP contribution in [0.5, 0.6) is 0 Å². The Kier molecular flexibility index (Phi) is 4.53. The maximum Gasteiger partial charge on any atom is 0.255 e. The van der Waals surface area contributed by atoms with Crippen molar-refractivity contribution in [2.75, 3.05) is 5.32 Å². The molecule has 1 fully saturated rings. The summed E-state index contributed by atoms with van der Waals surface area (Å²) in [6.45, 7) is 0. The molecule has 0 aliphatic heterocycles. The van der Waals surface area contributed by atoms with Crippen molar-refractivity contribution in [3.8, 4) is 0 Å². The first-order valence-electron chi connectivity index (χ1n) is 7.81. The Morgan fingerprint density at radius 3 is 2.38 bits per heavy atom. The summed E-state index contributed by atoms with van der Waals surface area (Å²) in [4.78, 5) is 26.7. The van der Waals surface area contributed by atoms with Crippen LogP contribution < -0.4 is 10.7 Å². The van der Waals surface area contributed by atoms with Crippen molar-refractivity contribution >= 4 is 21.4 Å². The first-order chi connectivity index (χ1) is 11.5. The number of H-pyrrole nitrogens is 1. The van der Waals surface area contributed by atoms with E-state index in [2.05, 4.69) is 10.3 Å². The van der Waals surface area contributed by atoms with Gasteiger partial charge in [-0.1, -0.05) is 12.8 Å². The molecule has 2 aromatic rings. The number of amides is 1. The lowest BCUT2D eigenvalue weighted by atomic mass is 10.2. The van der Waals surface area contributed by atoms with Gasteiger partial charge in [0.2, 0.25) is 5.43 Å². The standard InChI is InChI=1S/C17H18N2O4S/c20-16-9-10-18-11-15(16)19-17(21)12-5-7-14(8-6-12)24(22,23)13-3-1-2-4-13/h5-11,13H,1-4H2,(H,18,20)(H,19,21). The summed E-state index contributed by atoms with van der Waals surface area (Å²) in [6, 6.07) is 7.16. The van der Waals surface area contributed by atoms with Crippen molar-refractivity contribution in [3.63, 3.8) is 0 Å². The van der Waals surface area contributed by atoms with Gasteiger partial charge in [0.25, 0.3) is 5.91 Å². The molecule has 7 heteroatoms.